The van der Waals surface area contributed by atoms with Crippen LogP contribution in [0.15, 0.2) is 60.1 Å². The van der Waals surface area contributed by atoms with Crippen LogP contribution >= 0.6 is 11.3 Å². The fourth-order valence-corrected chi connectivity index (χ4v) is 4.17. The molecule has 0 spiro atoms. The van der Waals surface area contributed by atoms with E-state index in [2.05, 4.69) is 47.7 Å². The molecule has 0 aromatic carbocycles. The van der Waals surface area contributed by atoms with E-state index in [1.54, 1.807) is 23.7 Å². The SMILES string of the molecule is c1cnc(-c2ccsc2)c(CN2CCc3nc(-c4cncnc4)ncc3C2)c1. The van der Waals surface area contributed by atoms with E-state index in [-0.39, 0.29) is 0 Å². The third-order valence-corrected chi connectivity index (χ3v) is 5.59. The van der Waals surface area contributed by atoms with Crippen LogP contribution in [0.25, 0.3) is 22.6 Å². The van der Waals surface area contributed by atoms with Crippen LogP contribution in [0.5, 0.6) is 0 Å². The summed E-state index contributed by atoms with van der Waals surface area (Å²) in [5, 5.41) is 4.25. The maximum Gasteiger partial charge on any atom is 0.162 e. The van der Waals surface area contributed by atoms with Crippen LogP contribution in [-0.2, 0) is 19.5 Å². The fraction of sp³-hybridized carbons (Fsp3) is 0.190. The zero-order valence-electron chi connectivity index (χ0n) is 15.2. The summed E-state index contributed by atoms with van der Waals surface area (Å²) in [5.74, 6) is 0.694. The molecule has 5 heterocycles. The minimum atomic E-state index is 0.694. The van der Waals surface area contributed by atoms with E-state index in [0.29, 0.717) is 5.82 Å². The van der Waals surface area contributed by atoms with E-state index in [9.17, 15) is 0 Å². The van der Waals surface area contributed by atoms with Gasteiger partial charge in [0, 0.05) is 67.3 Å². The summed E-state index contributed by atoms with van der Waals surface area (Å²) >= 11 is 1.70. The van der Waals surface area contributed by atoms with Gasteiger partial charge in [-0.3, -0.25) is 9.88 Å². The minimum Gasteiger partial charge on any atom is -0.294 e. The fourth-order valence-electron chi connectivity index (χ4n) is 3.53. The van der Waals surface area contributed by atoms with Gasteiger partial charge in [-0.1, -0.05) is 6.07 Å². The van der Waals surface area contributed by atoms with Gasteiger partial charge in [0.25, 0.3) is 0 Å². The Morgan fingerprint density at radius 3 is 2.82 bits per heavy atom. The Labute approximate surface area is 167 Å². The van der Waals surface area contributed by atoms with Crippen molar-refractivity contribution < 1.29 is 0 Å². The van der Waals surface area contributed by atoms with E-state index >= 15 is 0 Å². The minimum absolute atomic E-state index is 0.694. The lowest BCUT2D eigenvalue weighted by molar-refractivity contribution is 0.243. The van der Waals surface area contributed by atoms with E-state index in [0.717, 1.165) is 43.0 Å². The second kappa shape index (κ2) is 7.53. The van der Waals surface area contributed by atoms with Crippen LogP contribution in [0.1, 0.15) is 16.8 Å². The van der Waals surface area contributed by atoms with Crippen LogP contribution in [0.4, 0.5) is 0 Å². The van der Waals surface area contributed by atoms with Gasteiger partial charge in [-0.25, -0.2) is 19.9 Å². The molecule has 0 atom stereocenters. The van der Waals surface area contributed by atoms with Crippen LogP contribution in [0.3, 0.4) is 0 Å². The average Bonchev–Trinajstić information content (AvgIpc) is 3.29. The number of hydrogen-bond acceptors (Lipinski definition) is 7. The van der Waals surface area contributed by atoms with Gasteiger partial charge in [-0.05, 0) is 23.1 Å². The summed E-state index contributed by atoms with van der Waals surface area (Å²) in [5.41, 5.74) is 6.68. The van der Waals surface area contributed by atoms with Gasteiger partial charge in [-0.15, -0.1) is 0 Å². The molecule has 138 valence electrons. The lowest BCUT2D eigenvalue weighted by Gasteiger charge is -2.28. The lowest BCUT2D eigenvalue weighted by Crippen LogP contribution is -2.31. The second-order valence-corrected chi connectivity index (χ2v) is 7.56. The molecule has 1 aliphatic heterocycles. The lowest BCUT2D eigenvalue weighted by atomic mass is 10.0. The molecule has 5 rings (SSSR count). The number of nitrogens with zero attached hydrogens (tertiary/aromatic N) is 6. The van der Waals surface area contributed by atoms with E-state index in [4.69, 9.17) is 4.98 Å². The van der Waals surface area contributed by atoms with Crippen molar-refractivity contribution in [2.45, 2.75) is 19.5 Å². The van der Waals surface area contributed by atoms with E-state index in [1.165, 1.54) is 23.0 Å². The predicted octanol–water partition coefficient (Wildman–Crippen LogP) is 3.62. The molecule has 6 nitrogen and oxygen atoms in total. The first-order chi connectivity index (χ1) is 13.9. The summed E-state index contributed by atoms with van der Waals surface area (Å²) in [7, 11) is 0. The van der Waals surface area contributed by atoms with Crippen LogP contribution < -0.4 is 0 Å². The third-order valence-electron chi connectivity index (χ3n) is 4.91. The third kappa shape index (κ3) is 3.42. The number of thiophene rings is 1. The van der Waals surface area contributed by atoms with Crippen molar-refractivity contribution in [3.05, 3.63) is 76.9 Å². The highest BCUT2D eigenvalue weighted by Crippen LogP contribution is 2.27. The monoisotopic (exact) mass is 386 g/mol. The maximum absolute atomic E-state index is 4.75. The average molecular weight is 386 g/mol. The normalized spacial score (nSPS) is 14.0. The summed E-state index contributed by atoms with van der Waals surface area (Å²) in [4.78, 5) is 24.5. The van der Waals surface area contributed by atoms with Gasteiger partial charge >= 0.3 is 0 Å². The Morgan fingerprint density at radius 2 is 1.96 bits per heavy atom. The molecule has 28 heavy (non-hydrogen) atoms. The van der Waals surface area contributed by atoms with Crippen molar-refractivity contribution in [3.8, 4) is 22.6 Å². The van der Waals surface area contributed by atoms with Crippen LogP contribution in [0, 0.1) is 0 Å². The highest BCUT2D eigenvalue weighted by molar-refractivity contribution is 7.08. The molecule has 0 fully saturated rings. The van der Waals surface area contributed by atoms with Crippen LogP contribution in [0.2, 0.25) is 0 Å². The summed E-state index contributed by atoms with van der Waals surface area (Å²) < 4.78 is 0. The quantitative estimate of drug-likeness (QED) is 0.534. The molecule has 0 N–H and O–H groups in total. The Morgan fingerprint density at radius 1 is 1.04 bits per heavy atom. The topological polar surface area (TPSA) is 67.7 Å². The standard InChI is InChI=1S/C21H18N6S/c1-2-15(20(24-5-1)16-4-7-28-13-16)11-27-6-3-19-18(12-27)10-25-21(26-19)17-8-22-14-23-9-17/h1-2,4-5,7-10,13-14H,3,6,11-12H2. The Bertz CT molecular complexity index is 1080. The Balaban J connectivity index is 1.36. The molecule has 0 bridgehead atoms. The van der Waals surface area contributed by atoms with Gasteiger partial charge in [0.2, 0.25) is 0 Å². The van der Waals surface area contributed by atoms with Crippen molar-refractivity contribution in [2.75, 3.05) is 6.54 Å². The first-order valence-electron chi connectivity index (χ1n) is 9.16. The Hall–Kier alpha value is -3.03. The molecule has 0 aliphatic carbocycles. The Kier molecular flexibility index (Phi) is 4.60. The number of rotatable bonds is 4. The summed E-state index contributed by atoms with van der Waals surface area (Å²) in [6, 6.07) is 6.32. The number of hydrogen-bond donors (Lipinski definition) is 0. The number of aromatic nitrogens is 5. The van der Waals surface area contributed by atoms with Crippen molar-refractivity contribution in [1.82, 2.24) is 29.8 Å². The van der Waals surface area contributed by atoms with Gasteiger partial charge in [0.05, 0.1) is 17.0 Å². The van der Waals surface area contributed by atoms with Gasteiger partial charge in [0.1, 0.15) is 6.33 Å². The van der Waals surface area contributed by atoms with E-state index < -0.39 is 0 Å². The zero-order valence-corrected chi connectivity index (χ0v) is 16.0. The number of pyridine rings is 1. The molecule has 0 radical (unpaired) electrons. The summed E-state index contributed by atoms with van der Waals surface area (Å²) in [6.07, 6.45) is 9.73. The highest BCUT2D eigenvalue weighted by atomic mass is 32.1. The van der Waals surface area contributed by atoms with Crippen molar-refractivity contribution >= 4 is 11.3 Å². The summed E-state index contributed by atoms with van der Waals surface area (Å²) in [6.45, 7) is 2.68. The molecular weight excluding hydrogens is 368 g/mol. The molecule has 4 aromatic rings. The first kappa shape index (κ1) is 17.1. The van der Waals surface area contributed by atoms with Crippen LogP contribution in [-0.4, -0.2) is 36.4 Å². The first-order valence-corrected chi connectivity index (χ1v) is 10.1. The largest absolute Gasteiger partial charge is 0.294 e. The second-order valence-electron chi connectivity index (χ2n) is 6.78. The zero-order chi connectivity index (χ0) is 18.8. The molecule has 0 amide bonds. The van der Waals surface area contributed by atoms with Crippen molar-refractivity contribution in [2.24, 2.45) is 0 Å². The molecule has 7 heteroatoms. The highest BCUT2D eigenvalue weighted by Gasteiger charge is 2.20. The molecule has 4 aromatic heterocycles. The molecule has 0 unspecified atom stereocenters. The van der Waals surface area contributed by atoms with Gasteiger partial charge in [-0.2, -0.15) is 11.3 Å². The van der Waals surface area contributed by atoms with Crippen molar-refractivity contribution in [3.63, 3.8) is 0 Å². The van der Waals surface area contributed by atoms with Gasteiger partial charge < -0.3 is 0 Å². The number of fused-ring (bicyclic) bond motifs is 1. The molecular formula is C21H18N6S. The molecule has 0 saturated heterocycles. The smallest absolute Gasteiger partial charge is 0.162 e. The predicted molar refractivity (Wildman–Crippen MR) is 108 cm³/mol. The maximum atomic E-state index is 4.75. The van der Waals surface area contributed by atoms with Gasteiger partial charge in [0.15, 0.2) is 5.82 Å². The van der Waals surface area contributed by atoms with Crippen molar-refractivity contribution in [1.29, 1.82) is 0 Å². The van der Waals surface area contributed by atoms with E-state index in [1.807, 2.05) is 18.5 Å². The molecule has 0 saturated carbocycles. The molecule has 1 aliphatic rings.